The van der Waals surface area contributed by atoms with Gasteiger partial charge in [-0.3, -0.25) is 4.79 Å². The molecule has 0 bridgehead atoms. The van der Waals surface area contributed by atoms with E-state index in [2.05, 4.69) is 36.5 Å². The summed E-state index contributed by atoms with van der Waals surface area (Å²) < 4.78 is 5.82. The molecular formula is C16H19BrN4O2. The molecule has 2 N–H and O–H groups in total. The van der Waals surface area contributed by atoms with Gasteiger partial charge in [0.15, 0.2) is 0 Å². The minimum Gasteiger partial charge on any atom is -0.385 e. The number of ether oxygens (including phenoxy) is 1. The smallest absolute Gasteiger partial charge is 0.274 e. The molecule has 0 aliphatic heterocycles. The van der Waals surface area contributed by atoms with Crippen LogP contribution in [0.25, 0.3) is 0 Å². The number of methoxy groups -OCH3 is 1. The second-order valence-corrected chi connectivity index (χ2v) is 5.75. The van der Waals surface area contributed by atoms with E-state index in [1.807, 2.05) is 24.3 Å². The lowest BCUT2D eigenvalue weighted by Crippen LogP contribution is -2.16. The Morgan fingerprint density at radius 3 is 2.83 bits per heavy atom. The van der Waals surface area contributed by atoms with Crippen LogP contribution in [0.2, 0.25) is 0 Å². The van der Waals surface area contributed by atoms with Gasteiger partial charge in [0.25, 0.3) is 5.91 Å². The van der Waals surface area contributed by atoms with Crippen LogP contribution in [0.5, 0.6) is 0 Å². The zero-order valence-electron chi connectivity index (χ0n) is 13.1. The summed E-state index contributed by atoms with van der Waals surface area (Å²) in [7, 11) is 1.67. The van der Waals surface area contributed by atoms with Gasteiger partial charge in [-0.25, -0.2) is 9.97 Å². The Morgan fingerprint density at radius 2 is 2.09 bits per heavy atom. The number of benzene rings is 1. The number of rotatable bonds is 7. The van der Waals surface area contributed by atoms with E-state index in [0.717, 1.165) is 17.4 Å². The summed E-state index contributed by atoms with van der Waals surface area (Å²) in [5.41, 5.74) is 1.02. The number of hydrogen-bond acceptors (Lipinski definition) is 5. The molecule has 1 aromatic carbocycles. The Kier molecular flexibility index (Phi) is 6.49. The van der Waals surface area contributed by atoms with Gasteiger partial charge in [0.2, 0.25) is 0 Å². The highest BCUT2D eigenvalue weighted by Crippen LogP contribution is 2.21. The van der Waals surface area contributed by atoms with Crippen LogP contribution in [0.1, 0.15) is 22.7 Å². The summed E-state index contributed by atoms with van der Waals surface area (Å²) in [5.74, 6) is 0.896. The molecular weight excluding hydrogens is 360 g/mol. The first-order chi connectivity index (χ1) is 11.1. The number of amides is 1. The van der Waals surface area contributed by atoms with Crippen molar-refractivity contribution in [1.82, 2.24) is 9.97 Å². The number of para-hydroxylation sites is 1. The molecule has 23 heavy (non-hydrogen) atoms. The Morgan fingerprint density at radius 1 is 1.30 bits per heavy atom. The first-order valence-electron chi connectivity index (χ1n) is 7.24. The molecule has 6 nitrogen and oxygen atoms in total. The molecule has 1 aromatic heterocycles. The first-order valence-corrected chi connectivity index (χ1v) is 8.04. The van der Waals surface area contributed by atoms with Gasteiger partial charge >= 0.3 is 0 Å². The summed E-state index contributed by atoms with van der Waals surface area (Å²) >= 11 is 3.40. The van der Waals surface area contributed by atoms with Crippen LogP contribution < -0.4 is 10.6 Å². The van der Waals surface area contributed by atoms with Crippen molar-refractivity contribution in [2.45, 2.75) is 13.3 Å². The van der Waals surface area contributed by atoms with Gasteiger partial charge in [0.05, 0.1) is 5.69 Å². The van der Waals surface area contributed by atoms with E-state index in [1.54, 1.807) is 20.1 Å². The average Bonchev–Trinajstić information content (AvgIpc) is 2.53. The SMILES string of the molecule is COCCCNc1cc(C(=O)Nc2ccccc2Br)nc(C)n1. The molecule has 0 aliphatic carbocycles. The lowest BCUT2D eigenvalue weighted by molar-refractivity contribution is 0.102. The van der Waals surface area contributed by atoms with E-state index >= 15 is 0 Å². The van der Waals surface area contributed by atoms with Crippen molar-refractivity contribution >= 4 is 33.3 Å². The van der Waals surface area contributed by atoms with Crippen molar-refractivity contribution in [3.05, 3.63) is 46.3 Å². The Labute approximate surface area is 143 Å². The number of nitrogens with zero attached hydrogens (tertiary/aromatic N) is 2. The van der Waals surface area contributed by atoms with Gasteiger partial charge in [-0.2, -0.15) is 0 Å². The van der Waals surface area contributed by atoms with Crippen molar-refractivity contribution in [1.29, 1.82) is 0 Å². The van der Waals surface area contributed by atoms with Gasteiger partial charge in [-0.05, 0) is 41.4 Å². The van der Waals surface area contributed by atoms with Crippen LogP contribution in [0.4, 0.5) is 11.5 Å². The normalized spacial score (nSPS) is 10.4. The monoisotopic (exact) mass is 378 g/mol. The van der Waals surface area contributed by atoms with Crippen molar-refractivity contribution in [3.63, 3.8) is 0 Å². The molecule has 0 aliphatic rings. The highest BCUT2D eigenvalue weighted by molar-refractivity contribution is 9.10. The van der Waals surface area contributed by atoms with Crippen molar-refractivity contribution < 1.29 is 9.53 Å². The molecule has 0 atom stereocenters. The molecule has 0 fully saturated rings. The molecule has 0 spiro atoms. The third kappa shape index (κ3) is 5.30. The summed E-state index contributed by atoms with van der Waals surface area (Å²) in [6.45, 7) is 3.15. The van der Waals surface area contributed by atoms with Gasteiger partial charge in [0, 0.05) is 30.8 Å². The van der Waals surface area contributed by atoms with E-state index in [0.29, 0.717) is 29.6 Å². The minimum atomic E-state index is -0.276. The highest BCUT2D eigenvalue weighted by atomic mass is 79.9. The first kappa shape index (κ1) is 17.4. The van der Waals surface area contributed by atoms with Crippen LogP contribution in [0.15, 0.2) is 34.8 Å². The van der Waals surface area contributed by atoms with Crippen molar-refractivity contribution in [2.75, 3.05) is 30.9 Å². The second-order valence-electron chi connectivity index (χ2n) is 4.89. The standard InChI is InChI=1S/C16H19BrN4O2/c1-11-19-14(10-15(20-11)18-8-5-9-23-2)16(22)21-13-7-4-3-6-12(13)17/h3-4,6-7,10H,5,8-9H2,1-2H3,(H,21,22)(H,18,19,20). The van der Waals surface area contributed by atoms with Crippen LogP contribution in [0.3, 0.4) is 0 Å². The number of hydrogen-bond donors (Lipinski definition) is 2. The molecule has 2 aromatic rings. The number of aromatic nitrogens is 2. The molecule has 0 unspecified atom stereocenters. The van der Waals surface area contributed by atoms with Crippen LogP contribution in [0, 0.1) is 6.92 Å². The lowest BCUT2D eigenvalue weighted by Gasteiger charge is -2.10. The van der Waals surface area contributed by atoms with E-state index in [4.69, 9.17) is 4.74 Å². The minimum absolute atomic E-state index is 0.276. The molecule has 1 amide bonds. The molecule has 122 valence electrons. The number of halogens is 1. The average molecular weight is 379 g/mol. The van der Waals surface area contributed by atoms with E-state index in [-0.39, 0.29) is 5.91 Å². The van der Waals surface area contributed by atoms with Crippen LogP contribution in [-0.2, 0) is 4.74 Å². The van der Waals surface area contributed by atoms with Crippen molar-refractivity contribution in [3.8, 4) is 0 Å². The molecule has 7 heteroatoms. The second kappa shape index (κ2) is 8.59. The maximum Gasteiger partial charge on any atom is 0.274 e. The third-order valence-electron chi connectivity index (χ3n) is 3.02. The summed E-state index contributed by atoms with van der Waals surface area (Å²) in [6.07, 6.45) is 0.859. The topological polar surface area (TPSA) is 76.1 Å². The summed E-state index contributed by atoms with van der Waals surface area (Å²) in [4.78, 5) is 20.9. The largest absolute Gasteiger partial charge is 0.385 e. The Balaban J connectivity index is 2.08. The number of carbonyl (C=O) groups excluding carboxylic acids is 1. The van der Waals surface area contributed by atoms with E-state index in [1.165, 1.54) is 0 Å². The number of carbonyl (C=O) groups is 1. The zero-order valence-corrected chi connectivity index (χ0v) is 14.7. The zero-order chi connectivity index (χ0) is 16.7. The molecule has 1 heterocycles. The fourth-order valence-electron chi connectivity index (χ4n) is 1.96. The molecule has 2 rings (SSSR count). The summed E-state index contributed by atoms with van der Waals surface area (Å²) in [5, 5.41) is 6.00. The van der Waals surface area contributed by atoms with Gasteiger partial charge in [-0.1, -0.05) is 12.1 Å². The van der Waals surface area contributed by atoms with E-state index < -0.39 is 0 Å². The molecule has 0 saturated carbocycles. The maximum absolute atomic E-state index is 12.4. The lowest BCUT2D eigenvalue weighted by atomic mass is 10.3. The Bertz CT molecular complexity index is 679. The maximum atomic E-state index is 12.4. The van der Waals surface area contributed by atoms with Crippen LogP contribution in [-0.4, -0.2) is 36.1 Å². The van der Waals surface area contributed by atoms with Gasteiger partial charge in [0.1, 0.15) is 17.3 Å². The van der Waals surface area contributed by atoms with Gasteiger partial charge < -0.3 is 15.4 Å². The van der Waals surface area contributed by atoms with E-state index in [9.17, 15) is 4.79 Å². The third-order valence-corrected chi connectivity index (χ3v) is 3.72. The Hall–Kier alpha value is -1.99. The number of aryl methyl sites for hydroxylation is 1. The number of nitrogens with one attached hydrogen (secondary N) is 2. The molecule has 0 saturated heterocycles. The fraction of sp³-hybridized carbons (Fsp3) is 0.312. The number of anilines is 2. The predicted molar refractivity (Wildman–Crippen MR) is 93.8 cm³/mol. The fourth-order valence-corrected chi connectivity index (χ4v) is 2.34. The highest BCUT2D eigenvalue weighted by Gasteiger charge is 2.12. The van der Waals surface area contributed by atoms with Crippen molar-refractivity contribution in [2.24, 2.45) is 0 Å². The quantitative estimate of drug-likeness (QED) is 0.723. The van der Waals surface area contributed by atoms with Crippen LogP contribution >= 0.6 is 15.9 Å². The summed E-state index contributed by atoms with van der Waals surface area (Å²) in [6, 6.07) is 9.07. The van der Waals surface area contributed by atoms with Gasteiger partial charge in [-0.15, -0.1) is 0 Å². The molecule has 0 radical (unpaired) electrons. The predicted octanol–water partition coefficient (Wildman–Crippen LogP) is 3.25.